The molecule has 0 unspecified atom stereocenters. The standard InChI is InChI=1S/C32H36F3N5O5/c1-20-17-40(21(2)19-41)29(42)16-22-15-26(37-30(43)36-25-11-9-23(10-12-25)32(33,34)35)13-14-27(22)45-28(20)18-39(3)31(44)38-24-7-5-4-6-8-24/h4-15,20-21,28,41H,16-19H2,1-3H3,(H,38,44)(H2,36,37,43)/t20-,21-,28+/m0/s1. The molecule has 45 heavy (non-hydrogen) atoms. The maximum absolute atomic E-state index is 13.4. The van der Waals surface area contributed by atoms with Crippen LogP contribution in [0.1, 0.15) is 25.0 Å². The first-order valence-electron chi connectivity index (χ1n) is 14.4. The molecule has 1 heterocycles. The minimum Gasteiger partial charge on any atom is -0.488 e. The quantitative estimate of drug-likeness (QED) is 0.269. The molecule has 1 aliphatic heterocycles. The molecule has 0 bridgehead atoms. The van der Waals surface area contributed by atoms with Crippen LogP contribution in [0.25, 0.3) is 0 Å². The lowest BCUT2D eigenvalue weighted by molar-refractivity contribution is -0.137. The number of amides is 5. The Morgan fingerprint density at radius 1 is 1.00 bits per heavy atom. The normalized spacial score (nSPS) is 17.5. The van der Waals surface area contributed by atoms with E-state index in [2.05, 4.69) is 16.0 Å². The number of halogens is 3. The van der Waals surface area contributed by atoms with Gasteiger partial charge in [0.25, 0.3) is 0 Å². The second-order valence-electron chi connectivity index (χ2n) is 11.0. The highest BCUT2D eigenvalue weighted by Crippen LogP contribution is 2.31. The van der Waals surface area contributed by atoms with E-state index in [4.69, 9.17) is 4.74 Å². The van der Waals surface area contributed by atoms with Gasteiger partial charge >= 0.3 is 18.2 Å². The third kappa shape index (κ3) is 8.88. The fourth-order valence-electron chi connectivity index (χ4n) is 4.85. The Labute approximate surface area is 259 Å². The second-order valence-corrected chi connectivity index (χ2v) is 11.0. The number of nitrogens with one attached hydrogen (secondary N) is 3. The van der Waals surface area contributed by atoms with E-state index in [1.807, 2.05) is 25.1 Å². The number of aliphatic hydroxyl groups is 1. The maximum atomic E-state index is 13.4. The van der Waals surface area contributed by atoms with E-state index in [0.717, 1.165) is 24.3 Å². The van der Waals surface area contributed by atoms with E-state index in [-0.39, 0.29) is 49.7 Å². The molecule has 4 N–H and O–H groups in total. The molecule has 0 radical (unpaired) electrons. The van der Waals surface area contributed by atoms with Crippen LogP contribution >= 0.6 is 0 Å². The Hall–Kier alpha value is -4.78. The molecule has 5 amide bonds. The molecule has 3 aromatic rings. The number of hydrogen-bond acceptors (Lipinski definition) is 5. The number of hydrogen-bond donors (Lipinski definition) is 4. The lowest BCUT2D eigenvalue weighted by atomic mass is 10.0. The van der Waals surface area contributed by atoms with E-state index in [0.29, 0.717) is 22.7 Å². The zero-order chi connectivity index (χ0) is 32.7. The second kappa shape index (κ2) is 14.3. The van der Waals surface area contributed by atoms with Crippen LogP contribution in [0.2, 0.25) is 0 Å². The van der Waals surface area contributed by atoms with Crippen molar-refractivity contribution in [1.82, 2.24) is 9.80 Å². The minimum absolute atomic E-state index is 0.0838. The predicted molar refractivity (Wildman–Crippen MR) is 164 cm³/mol. The Bertz CT molecular complexity index is 1490. The van der Waals surface area contributed by atoms with Crippen molar-refractivity contribution in [2.75, 3.05) is 42.7 Å². The van der Waals surface area contributed by atoms with E-state index in [9.17, 15) is 32.7 Å². The molecule has 10 nitrogen and oxygen atoms in total. The number of urea groups is 2. The zero-order valence-electron chi connectivity index (χ0n) is 25.1. The van der Waals surface area contributed by atoms with Gasteiger partial charge in [-0.15, -0.1) is 0 Å². The average molecular weight is 628 g/mol. The SMILES string of the molecule is C[C@H]1CN([C@@H](C)CO)C(=O)Cc2cc(NC(=O)Nc3ccc(C(F)(F)F)cc3)ccc2O[C@@H]1CN(C)C(=O)Nc1ccccc1. The van der Waals surface area contributed by atoms with Gasteiger partial charge in [-0.1, -0.05) is 25.1 Å². The van der Waals surface area contributed by atoms with Crippen LogP contribution in [0.4, 0.5) is 39.8 Å². The molecule has 0 saturated heterocycles. The number of alkyl halides is 3. The van der Waals surface area contributed by atoms with Crippen molar-refractivity contribution >= 4 is 35.0 Å². The number of benzene rings is 3. The van der Waals surface area contributed by atoms with Gasteiger partial charge in [0.1, 0.15) is 11.9 Å². The molecule has 3 atom stereocenters. The summed E-state index contributed by atoms with van der Waals surface area (Å²) in [7, 11) is 1.64. The highest BCUT2D eigenvalue weighted by Gasteiger charge is 2.32. The molecule has 0 saturated carbocycles. The minimum atomic E-state index is -4.49. The van der Waals surface area contributed by atoms with Crippen molar-refractivity contribution < 1.29 is 37.4 Å². The van der Waals surface area contributed by atoms with Crippen LogP contribution in [0.15, 0.2) is 72.8 Å². The van der Waals surface area contributed by atoms with Crippen molar-refractivity contribution in [1.29, 1.82) is 0 Å². The molecule has 0 aromatic heterocycles. The van der Waals surface area contributed by atoms with Gasteiger partial charge in [0.05, 0.1) is 31.2 Å². The number of aliphatic hydroxyl groups excluding tert-OH is 1. The summed E-state index contributed by atoms with van der Waals surface area (Å²) in [6.07, 6.45) is -5.12. The maximum Gasteiger partial charge on any atom is 0.416 e. The lowest BCUT2D eigenvalue weighted by Gasteiger charge is -2.34. The van der Waals surface area contributed by atoms with Gasteiger partial charge in [0.2, 0.25) is 5.91 Å². The summed E-state index contributed by atoms with van der Waals surface area (Å²) in [5, 5.41) is 17.8. The van der Waals surface area contributed by atoms with E-state index >= 15 is 0 Å². The van der Waals surface area contributed by atoms with Gasteiger partial charge < -0.3 is 35.6 Å². The van der Waals surface area contributed by atoms with Gasteiger partial charge in [-0.05, 0) is 61.5 Å². The summed E-state index contributed by atoms with van der Waals surface area (Å²) < 4.78 is 45.0. The third-order valence-electron chi connectivity index (χ3n) is 7.47. The largest absolute Gasteiger partial charge is 0.488 e. The van der Waals surface area contributed by atoms with Gasteiger partial charge in [-0.3, -0.25) is 4.79 Å². The Balaban J connectivity index is 1.53. The summed E-state index contributed by atoms with van der Waals surface area (Å²) in [5.41, 5.74) is 0.750. The number of para-hydroxylation sites is 1. The van der Waals surface area contributed by atoms with Crippen molar-refractivity contribution in [2.24, 2.45) is 5.92 Å². The van der Waals surface area contributed by atoms with E-state index < -0.39 is 29.9 Å². The predicted octanol–water partition coefficient (Wildman–Crippen LogP) is 5.66. The number of likely N-dealkylation sites (N-methyl/N-ethyl adjacent to an activating group) is 1. The first-order chi connectivity index (χ1) is 21.3. The number of nitrogens with zero attached hydrogens (tertiary/aromatic N) is 2. The molecule has 1 aliphatic rings. The van der Waals surface area contributed by atoms with Crippen molar-refractivity contribution in [3.8, 4) is 5.75 Å². The highest BCUT2D eigenvalue weighted by molar-refractivity contribution is 6.00. The molecule has 0 spiro atoms. The van der Waals surface area contributed by atoms with Gasteiger partial charge in [-0.25, -0.2) is 9.59 Å². The van der Waals surface area contributed by atoms with Crippen LogP contribution in [0.3, 0.4) is 0 Å². The topological polar surface area (TPSA) is 123 Å². The molecule has 3 aromatic carbocycles. The monoisotopic (exact) mass is 627 g/mol. The Kier molecular flexibility index (Phi) is 10.6. The number of carbonyl (C=O) groups is 3. The molecule has 4 rings (SSSR count). The van der Waals surface area contributed by atoms with Gasteiger partial charge in [0, 0.05) is 42.1 Å². The fourth-order valence-corrected chi connectivity index (χ4v) is 4.85. The lowest BCUT2D eigenvalue weighted by Crippen LogP contribution is -2.48. The highest BCUT2D eigenvalue weighted by atomic mass is 19.4. The molecule has 0 fully saturated rings. The smallest absolute Gasteiger partial charge is 0.416 e. The number of rotatable bonds is 7. The van der Waals surface area contributed by atoms with Gasteiger partial charge in [-0.2, -0.15) is 13.2 Å². The van der Waals surface area contributed by atoms with Crippen LogP contribution in [-0.2, 0) is 17.4 Å². The summed E-state index contributed by atoms with van der Waals surface area (Å²) in [6.45, 7) is 3.85. The summed E-state index contributed by atoms with van der Waals surface area (Å²) in [4.78, 5) is 42.1. The first kappa shape index (κ1) is 33.1. The van der Waals surface area contributed by atoms with Crippen molar-refractivity contribution in [2.45, 2.75) is 38.6 Å². The van der Waals surface area contributed by atoms with Gasteiger partial charge in [0.15, 0.2) is 0 Å². The number of ether oxygens (including phenoxy) is 1. The Morgan fingerprint density at radius 2 is 1.62 bits per heavy atom. The molecular weight excluding hydrogens is 591 g/mol. The van der Waals surface area contributed by atoms with E-state index in [1.165, 1.54) is 4.90 Å². The fraction of sp³-hybridized carbons (Fsp3) is 0.344. The van der Waals surface area contributed by atoms with Crippen LogP contribution in [0.5, 0.6) is 5.75 Å². The summed E-state index contributed by atoms with van der Waals surface area (Å²) in [6, 6.07) is 16.3. The first-order valence-corrected chi connectivity index (χ1v) is 14.4. The molecular formula is C32H36F3N5O5. The van der Waals surface area contributed by atoms with Crippen LogP contribution in [-0.4, -0.2) is 71.8 Å². The molecule has 240 valence electrons. The zero-order valence-corrected chi connectivity index (χ0v) is 25.1. The van der Waals surface area contributed by atoms with Crippen LogP contribution < -0.4 is 20.7 Å². The number of carbonyl (C=O) groups excluding carboxylic acids is 3. The van der Waals surface area contributed by atoms with Crippen molar-refractivity contribution in [3.05, 3.63) is 83.9 Å². The van der Waals surface area contributed by atoms with Crippen molar-refractivity contribution in [3.63, 3.8) is 0 Å². The third-order valence-corrected chi connectivity index (χ3v) is 7.47. The van der Waals surface area contributed by atoms with Crippen LogP contribution in [0, 0.1) is 5.92 Å². The number of fused-ring (bicyclic) bond motifs is 1. The number of anilines is 3. The summed E-state index contributed by atoms with van der Waals surface area (Å²) >= 11 is 0. The molecule has 0 aliphatic carbocycles. The van der Waals surface area contributed by atoms with E-state index in [1.54, 1.807) is 49.2 Å². The summed E-state index contributed by atoms with van der Waals surface area (Å²) in [5.74, 6) is -0.104. The average Bonchev–Trinajstić information content (AvgIpc) is 3.04. The molecule has 13 heteroatoms. The Morgan fingerprint density at radius 3 is 2.27 bits per heavy atom.